The molecule has 0 bridgehead atoms. The smallest absolute Gasteiger partial charge is 0.319 e. The van der Waals surface area contributed by atoms with Crippen LogP contribution >= 0.6 is 0 Å². The number of carbonyl (C=O) groups is 2. The minimum atomic E-state index is -1.72. The van der Waals surface area contributed by atoms with E-state index < -0.39 is 144 Å². The van der Waals surface area contributed by atoms with E-state index in [2.05, 4.69) is 39.9 Å². The fourth-order valence-corrected chi connectivity index (χ4v) is 14.3. The highest BCUT2D eigenvalue weighted by molar-refractivity contribution is 5.84. The highest BCUT2D eigenvalue weighted by atomic mass is 16.8. The number of nitrogens with one attached hydrogen (secondary N) is 1. The predicted molar refractivity (Wildman–Crippen MR) is 249 cm³/mol. The number of hydrogen-bond donors (Lipinski definition) is 11. The lowest BCUT2D eigenvalue weighted by Crippen LogP contribution is -2.68. The molecule has 7 rings (SSSR count). The van der Waals surface area contributed by atoms with Crippen LogP contribution < -0.4 is 5.32 Å². The quantitative estimate of drug-likeness (QED) is 0.0908. The second-order valence-electron chi connectivity index (χ2n) is 24.4. The van der Waals surface area contributed by atoms with Crippen LogP contribution in [-0.2, 0) is 38.0 Å². The molecule has 0 aromatic heterocycles. The summed E-state index contributed by atoms with van der Waals surface area (Å²) in [5, 5.41) is 110. The van der Waals surface area contributed by atoms with Crippen LogP contribution in [-0.4, -0.2) is 180 Å². The van der Waals surface area contributed by atoms with Crippen LogP contribution in [0.4, 0.5) is 0 Å². The second kappa shape index (κ2) is 20.3. The largest absolute Gasteiger partial charge is 0.432 e. The molecule has 0 spiro atoms. The van der Waals surface area contributed by atoms with Gasteiger partial charge in [0, 0.05) is 6.92 Å². The lowest BCUT2D eigenvalue weighted by molar-refractivity contribution is -0.367. The molecule has 402 valence electrons. The van der Waals surface area contributed by atoms with Gasteiger partial charge in [-0.15, -0.1) is 0 Å². The molecule has 7 aliphatic rings. The normalized spacial score (nSPS) is 46.5. The van der Waals surface area contributed by atoms with E-state index in [0.717, 1.165) is 24.8 Å². The number of rotatable bonds is 13. The summed E-state index contributed by atoms with van der Waals surface area (Å²) in [6, 6.07) is -1.37. The molecule has 16 unspecified atom stereocenters. The monoisotopic (exact) mass is 1000 g/mol. The standard InChI is InChI=1S/C51H85NO18/c1-24(13-19-50(10,64)46(3,4)5)26-15-20-51(45(63)70-43-40(62)35(57)29(56)23-65-43)28-11-12-32-47(6,7)33(16-17-48(32,8)27(28)14-18-49(26,51)9)68-44-41(39(61)37(59)31(22-54)67-44)69-42-34(52-25(2)55)38(60)36(58)30(21-53)66-42/h24,26,29-44,53-54,56-62,64H,11-23H2,1-10H3,(H,52,55)/t24-,26-,29?,30?,31?,32?,33+,34?,35?,36?,37?,38?,39?,40?,41?,42?,43?,44?,48-,49-,50?,51+/m1/s1. The van der Waals surface area contributed by atoms with Gasteiger partial charge in [0.2, 0.25) is 12.2 Å². The number of esters is 1. The molecule has 22 atom stereocenters. The minimum Gasteiger partial charge on any atom is -0.432 e. The molecule has 0 radical (unpaired) electrons. The molecule has 1 amide bonds. The summed E-state index contributed by atoms with van der Waals surface area (Å²) in [6.07, 6.45) is -14.1. The van der Waals surface area contributed by atoms with Crippen LogP contribution in [0.5, 0.6) is 0 Å². The van der Waals surface area contributed by atoms with Gasteiger partial charge in [0.15, 0.2) is 12.6 Å². The van der Waals surface area contributed by atoms with Gasteiger partial charge >= 0.3 is 5.97 Å². The fourth-order valence-electron chi connectivity index (χ4n) is 14.3. The summed E-state index contributed by atoms with van der Waals surface area (Å²) in [6.45, 7) is 18.4. The van der Waals surface area contributed by atoms with Gasteiger partial charge in [0.1, 0.15) is 67.1 Å². The summed E-state index contributed by atoms with van der Waals surface area (Å²) in [5.41, 5.74) is -1.76. The van der Waals surface area contributed by atoms with Crippen LogP contribution in [0, 0.1) is 44.8 Å². The van der Waals surface area contributed by atoms with Gasteiger partial charge in [0.05, 0.1) is 36.9 Å². The van der Waals surface area contributed by atoms with Crippen molar-refractivity contribution in [3.63, 3.8) is 0 Å². The summed E-state index contributed by atoms with van der Waals surface area (Å²) < 4.78 is 36.9. The molecule has 3 saturated heterocycles. The number of hydrogen-bond acceptors (Lipinski definition) is 18. The molecular weight excluding hydrogens is 915 g/mol. The minimum absolute atomic E-state index is 0.0225. The average molecular weight is 1000 g/mol. The molecule has 70 heavy (non-hydrogen) atoms. The Morgan fingerprint density at radius 3 is 2.00 bits per heavy atom. The Balaban J connectivity index is 1.20. The number of aliphatic hydroxyl groups excluding tert-OH is 9. The molecule has 0 aromatic carbocycles. The molecule has 4 aliphatic carbocycles. The van der Waals surface area contributed by atoms with Crippen molar-refractivity contribution in [2.75, 3.05) is 19.8 Å². The van der Waals surface area contributed by atoms with Crippen molar-refractivity contribution in [2.24, 2.45) is 44.8 Å². The lowest BCUT2D eigenvalue weighted by atomic mass is 9.43. The number of allylic oxidation sites excluding steroid dienone is 1. The number of aliphatic hydroxyl groups is 10. The van der Waals surface area contributed by atoms with Gasteiger partial charge in [0.25, 0.3) is 0 Å². The molecule has 3 aliphatic heterocycles. The van der Waals surface area contributed by atoms with Gasteiger partial charge < -0.3 is 84.8 Å². The second-order valence-corrected chi connectivity index (χ2v) is 24.4. The van der Waals surface area contributed by atoms with Crippen molar-refractivity contribution in [2.45, 2.75) is 231 Å². The fraction of sp³-hybridized carbons (Fsp3) is 0.922. The van der Waals surface area contributed by atoms with E-state index in [1.807, 2.05) is 27.7 Å². The Morgan fingerprint density at radius 1 is 0.757 bits per heavy atom. The Morgan fingerprint density at radius 2 is 1.39 bits per heavy atom. The summed E-state index contributed by atoms with van der Waals surface area (Å²) in [7, 11) is 0. The first kappa shape index (κ1) is 55.8. The molecule has 19 nitrogen and oxygen atoms in total. The first-order valence-corrected chi connectivity index (χ1v) is 25.7. The number of fused-ring (bicyclic) bond motifs is 4. The van der Waals surface area contributed by atoms with Crippen molar-refractivity contribution < 1.29 is 89.1 Å². The third kappa shape index (κ3) is 9.45. The van der Waals surface area contributed by atoms with Gasteiger partial charge in [-0.3, -0.25) is 9.59 Å². The van der Waals surface area contributed by atoms with Crippen molar-refractivity contribution in [3.8, 4) is 0 Å². The molecule has 11 N–H and O–H groups in total. The van der Waals surface area contributed by atoms with Crippen molar-refractivity contribution in [1.82, 2.24) is 5.32 Å². The zero-order chi connectivity index (χ0) is 51.8. The number of amides is 1. The van der Waals surface area contributed by atoms with Gasteiger partial charge in [-0.25, -0.2) is 0 Å². The number of carbonyl (C=O) groups excluding carboxylic acids is 2. The lowest BCUT2D eigenvalue weighted by Gasteiger charge is -2.62. The van der Waals surface area contributed by atoms with Crippen LogP contribution in [0.3, 0.4) is 0 Å². The molecule has 0 aromatic rings. The topological polar surface area (TPSA) is 304 Å². The van der Waals surface area contributed by atoms with Gasteiger partial charge in [-0.05, 0) is 111 Å². The summed E-state index contributed by atoms with van der Waals surface area (Å²) >= 11 is 0. The Labute approximate surface area is 412 Å². The van der Waals surface area contributed by atoms with E-state index in [0.29, 0.717) is 44.9 Å². The zero-order valence-electron chi connectivity index (χ0n) is 42.8. The van der Waals surface area contributed by atoms with E-state index >= 15 is 4.79 Å². The third-order valence-electron chi connectivity index (χ3n) is 19.3. The predicted octanol–water partition coefficient (Wildman–Crippen LogP) is 1.06. The highest BCUT2D eigenvalue weighted by Gasteiger charge is 2.70. The van der Waals surface area contributed by atoms with Crippen LogP contribution in [0.1, 0.15) is 133 Å². The SMILES string of the molecule is CC(=O)NC1C(OC2C(O[C@H]3CC[C@]4(C)C5=C(CCC4C3(C)C)[C@]3(C(=O)OC4OCC(O)C(O)C4O)CC[C@H]([C@H](C)CCC(C)(O)C(C)(C)C)[C@@]3(C)CC5)OC(CO)C(O)C2O)OC(CO)C(O)C1O. The van der Waals surface area contributed by atoms with Crippen LogP contribution in [0.25, 0.3) is 0 Å². The first-order chi connectivity index (χ1) is 32.5. The highest BCUT2D eigenvalue weighted by Crippen LogP contribution is 2.73. The summed E-state index contributed by atoms with van der Waals surface area (Å²) in [4.78, 5) is 27.6. The molecule has 2 saturated carbocycles. The molecule has 19 heteroatoms. The van der Waals surface area contributed by atoms with Crippen LogP contribution in [0.15, 0.2) is 11.1 Å². The van der Waals surface area contributed by atoms with E-state index in [4.69, 9.17) is 28.4 Å². The van der Waals surface area contributed by atoms with Crippen molar-refractivity contribution in [3.05, 3.63) is 11.1 Å². The number of ether oxygens (including phenoxy) is 6. The van der Waals surface area contributed by atoms with E-state index in [-0.39, 0.29) is 29.8 Å². The van der Waals surface area contributed by atoms with Crippen molar-refractivity contribution in [1.29, 1.82) is 0 Å². The molecule has 5 fully saturated rings. The Hall–Kier alpha value is -1.92. The molecule has 3 heterocycles. The van der Waals surface area contributed by atoms with Gasteiger partial charge in [-0.1, -0.05) is 66.5 Å². The van der Waals surface area contributed by atoms with Gasteiger partial charge in [-0.2, -0.15) is 0 Å². The maximum atomic E-state index is 15.4. The molecular formula is C51H85NO18. The van der Waals surface area contributed by atoms with Crippen molar-refractivity contribution >= 4 is 11.9 Å². The van der Waals surface area contributed by atoms with E-state index in [1.54, 1.807) is 0 Å². The maximum Gasteiger partial charge on any atom is 0.319 e. The maximum absolute atomic E-state index is 15.4. The summed E-state index contributed by atoms with van der Waals surface area (Å²) in [5.74, 6) is -0.909. The van der Waals surface area contributed by atoms with E-state index in [1.165, 1.54) is 12.5 Å². The average Bonchev–Trinajstić information content (AvgIpc) is 3.62. The Kier molecular flexibility index (Phi) is 16.2. The zero-order valence-corrected chi connectivity index (χ0v) is 42.8. The first-order valence-electron chi connectivity index (χ1n) is 25.7. The Bertz CT molecular complexity index is 1910. The van der Waals surface area contributed by atoms with Crippen LogP contribution in [0.2, 0.25) is 0 Å². The third-order valence-corrected chi connectivity index (χ3v) is 19.3. The van der Waals surface area contributed by atoms with E-state index in [9.17, 15) is 55.9 Å².